The van der Waals surface area contributed by atoms with Crippen molar-refractivity contribution in [3.05, 3.63) is 41.7 Å². The molecule has 0 saturated heterocycles. The summed E-state index contributed by atoms with van der Waals surface area (Å²) in [5.41, 5.74) is 2.35. The molecule has 1 amide bonds. The summed E-state index contributed by atoms with van der Waals surface area (Å²) >= 11 is 0. The first-order valence-corrected chi connectivity index (χ1v) is 7.20. The van der Waals surface area contributed by atoms with Crippen molar-refractivity contribution in [2.24, 2.45) is 0 Å². The van der Waals surface area contributed by atoms with Crippen molar-refractivity contribution in [3.63, 3.8) is 0 Å². The summed E-state index contributed by atoms with van der Waals surface area (Å²) in [6.45, 7) is 5.68. The molecule has 21 heavy (non-hydrogen) atoms. The highest BCUT2D eigenvalue weighted by molar-refractivity contribution is 5.94. The second-order valence-corrected chi connectivity index (χ2v) is 5.43. The summed E-state index contributed by atoms with van der Waals surface area (Å²) in [6.07, 6.45) is 0. The van der Waals surface area contributed by atoms with Crippen LogP contribution in [0.2, 0.25) is 0 Å². The Kier molecular flexibility index (Phi) is 3.75. The first-order valence-electron chi connectivity index (χ1n) is 7.20. The van der Waals surface area contributed by atoms with Crippen molar-refractivity contribution >= 4 is 5.91 Å². The third-order valence-corrected chi connectivity index (χ3v) is 3.44. The predicted molar refractivity (Wildman–Crippen MR) is 79.9 cm³/mol. The molecule has 1 aromatic carbocycles. The molecule has 1 aliphatic rings. The first kappa shape index (κ1) is 13.8. The van der Waals surface area contributed by atoms with E-state index < -0.39 is 0 Å². The average molecular weight is 285 g/mol. The smallest absolute Gasteiger partial charge is 0.272 e. The van der Waals surface area contributed by atoms with Gasteiger partial charge in [0.15, 0.2) is 5.69 Å². The molecule has 2 heterocycles. The van der Waals surface area contributed by atoms with Gasteiger partial charge in [-0.3, -0.25) is 4.79 Å². The van der Waals surface area contributed by atoms with Crippen molar-refractivity contribution in [3.8, 4) is 11.4 Å². The maximum Gasteiger partial charge on any atom is 0.272 e. The standard InChI is InChI=1S/C16H19N3O2/c1-11(2)17-16(20)14-13-10-21-9-8-19(13)15(18-14)12-6-4-3-5-7-12/h3-7,11H,8-10H2,1-2H3,(H,17,20). The minimum absolute atomic E-state index is 0.0829. The molecule has 3 rings (SSSR count). The Bertz CT molecular complexity index is 647. The normalized spacial score (nSPS) is 14.0. The zero-order valence-electron chi connectivity index (χ0n) is 12.3. The molecule has 110 valence electrons. The van der Waals surface area contributed by atoms with Gasteiger partial charge in [-0.25, -0.2) is 4.98 Å². The van der Waals surface area contributed by atoms with Crippen molar-refractivity contribution < 1.29 is 9.53 Å². The van der Waals surface area contributed by atoms with Crippen molar-refractivity contribution in [2.75, 3.05) is 6.61 Å². The van der Waals surface area contributed by atoms with Crippen LogP contribution < -0.4 is 5.32 Å². The van der Waals surface area contributed by atoms with Gasteiger partial charge in [0.2, 0.25) is 0 Å². The summed E-state index contributed by atoms with van der Waals surface area (Å²) in [5, 5.41) is 2.90. The highest BCUT2D eigenvalue weighted by atomic mass is 16.5. The van der Waals surface area contributed by atoms with E-state index in [1.165, 1.54) is 0 Å². The van der Waals surface area contributed by atoms with Gasteiger partial charge in [0.05, 0.1) is 18.9 Å². The van der Waals surface area contributed by atoms with Gasteiger partial charge >= 0.3 is 0 Å². The largest absolute Gasteiger partial charge is 0.373 e. The van der Waals surface area contributed by atoms with Crippen LogP contribution in [-0.4, -0.2) is 28.1 Å². The Labute approximate surface area is 124 Å². The van der Waals surface area contributed by atoms with Crippen molar-refractivity contribution in [1.82, 2.24) is 14.9 Å². The minimum Gasteiger partial charge on any atom is -0.373 e. The Morgan fingerprint density at radius 1 is 1.33 bits per heavy atom. The van der Waals surface area contributed by atoms with Gasteiger partial charge in [0.1, 0.15) is 5.82 Å². The van der Waals surface area contributed by atoms with E-state index in [0.717, 1.165) is 23.6 Å². The number of aromatic nitrogens is 2. The molecular formula is C16H19N3O2. The number of fused-ring (bicyclic) bond motifs is 1. The molecule has 0 radical (unpaired) electrons. The van der Waals surface area contributed by atoms with Gasteiger partial charge in [-0.2, -0.15) is 0 Å². The van der Waals surface area contributed by atoms with E-state index in [1.54, 1.807) is 0 Å². The van der Waals surface area contributed by atoms with Gasteiger partial charge in [-0.05, 0) is 13.8 Å². The molecule has 0 atom stereocenters. The average Bonchev–Trinajstić information content (AvgIpc) is 2.87. The molecule has 1 aromatic heterocycles. The number of hydrogen-bond donors (Lipinski definition) is 1. The molecule has 0 fully saturated rings. The zero-order chi connectivity index (χ0) is 14.8. The minimum atomic E-state index is -0.138. The van der Waals surface area contributed by atoms with Crippen molar-refractivity contribution in [1.29, 1.82) is 0 Å². The van der Waals surface area contributed by atoms with Crippen LogP contribution >= 0.6 is 0 Å². The van der Waals surface area contributed by atoms with Crippen LogP contribution in [0.4, 0.5) is 0 Å². The van der Waals surface area contributed by atoms with E-state index in [-0.39, 0.29) is 11.9 Å². The number of carbonyl (C=O) groups excluding carboxylic acids is 1. The molecular weight excluding hydrogens is 266 g/mol. The van der Waals surface area contributed by atoms with Gasteiger partial charge < -0.3 is 14.6 Å². The number of hydrogen-bond acceptors (Lipinski definition) is 3. The van der Waals surface area contributed by atoms with Gasteiger partial charge in [-0.15, -0.1) is 0 Å². The quantitative estimate of drug-likeness (QED) is 0.940. The number of benzene rings is 1. The Morgan fingerprint density at radius 2 is 2.10 bits per heavy atom. The molecule has 2 aromatic rings. The Hall–Kier alpha value is -2.14. The Morgan fingerprint density at radius 3 is 2.81 bits per heavy atom. The summed E-state index contributed by atoms with van der Waals surface area (Å²) in [7, 11) is 0. The van der Waals surface area contributed by atoms with Gasteiger partial charge in [0.25, 0.3) is 5.91 Å². The fourth-order valence-corrected chi connectivity index (χ4v) is 2.52. The van der Waals surface area contributed by atoms with Crippen LogP contribution in [-0.2, 0) is 17.9 Å². The SMILES string of the molecule is CC(C)NC(=O)c1nc(-c2ccccc2)n2c1COCC2. The lowest BCUT2D eigenvalue weighted by atomic mass is 10.2. The summed E-state index contributed by atoms with van der Waals surface area (Å²) in [5.74, 6) is 0.698. The molecule has 1 N–H and O–H groups in total. The molecule has 0 bridgehead atoms. The maximum atomic E-state index is 12.3. The first-order chi connectivity index (χ1) is 10.2. The van der Waals surface area contributed by atoms with Crippen LogP contribution in [0.15, 0.2) is 30.3 Å². The second-order valence-electron chi connectivity index (χ2n) is 5.43. The van der Waals surface area contributed by atoms with E-state index in [9.17, 15) is 4.79 Å². The Balaban J connectivity index is 2.06. The summed E-state index contributed by atoms with van der Waals surface area (Å²) < 4.78 is 7.59. The number of nitrogens with one attached hydrogen (secondary N) is 1. The summed E-state index contributed by atoms with van der Waals surface area (Å²) in [4.78, 5) is 16.9. The maximum absolute atomic E-state index is 12.3. The molecule has 0 unspecified atom stereocenters. The van der Waals surface area contributed by atoms with Crippen LogP contribution in [0.5, 0.6) is 0 Å². The molecule has 1 aliphatic heterocycles. The highest BCUT2D eigenvalue weighted by Crippen LogP contribution is 2.25. The lowest BCUT2D eigenvalue weighted by molar-refractivity contribution is 0.0814. The van der Waals surface area contributed by atoms with Crippen LogP contribution in [0.1, 0.15) is 30.0 Å². The number of carbonyl (C=O) groups is 1. The van der Waals surface area contributed by atoms with Crippen LogP contribution in [0, 0.1) is 0 Å². The number of ether oxygens (including phenoxy) is 1. The predicted octanol–water partition coefficient (Wildman–Crippen LogP) is 2.22. The topological polar surface area (TPSA) is 56.2 Å². The number of amides is 1. The van der Waals surface area contributed by atoms with Gasteiger partial charge in [-0.1, -0.05) is 30.3 Å². The van der Waals surface area contributed by atoms with E-state index in [2.05, 4.69) is 14.9 Å². The lowest BCUT2D eigenvalue weighted by Gasteiger charge is -2.18. The number of nitrogens with zero attached hydrogens (tertiary/aromatic N) is 2. The molecule has 0 saturated carbocycles. The van der Waals surface area contributed by atoms with E-state index in [0.29, 0.717) is 18.9 Å². The third-order valence-electron chi connectivity index (χ3n) is 3.44. The zero-order valence-corrected chi connectivity index (χ0v) is 12.3. The van der Waals surface area contributed by atoms with E-state index >= 15 is 0 Å². The molecule has 0 spiro atoms. The number of imidazole rings is 1. The van der Waals surface area contributed by atoms with E-state index in [1.807, 2.05) is 44.2 Å². The van der Waals surface area contributed by atoms with Crippen LogP contribution in [0.25, 0.3) is 11.4 Å². The second kappa shape index (κ2) is 5.69. The molecule has 0 aliphatic carbocycles. The third kappa shape index (κ3) is 2.69. The molecule has 5 nitrogen and oxygen atoms in total. The summed E-state index contributed by atoms with van der Waals surface area (Å²) in [6, 6.07) is 10.0. The fourth-order valence-electron chi connectivity index (χ4n) is 2.52. The molecule has 5 heteroatoms. The monoisotopic (exact) mass is 285 g/mol. The van der Waals surface area contributed by atoms with Gasteiger partial charge in [0, 0.05) is 18.2 Å². The van der Waals surface area contributed by atoms with Crippen molar-refractivity contribution in [2.45, 2.75) is 33.0 Å². The van der Waals surface area contributed by atoms with Crippen LogP contribution in [0.3, 0.4) is 0 Å². The van der Waals surface area contributed by atoms with E-state index in [4.69, 9.17) is 4.74 Å². The lowest BCUT2D eigenvalue weighted by Crippen LogP contribution is -2.31. The fraction of sp³-hybridized carbons (Fsp3) is 0.375. The highest BCUT2D eigenvalue weighted by Gasteiger charge is 2.25. The number of rotatable bonds is 3.